The minimum absolute atomic E-state index is 0.727. The zero-order valence-electron chi connectivity index (χ0n) is 17.0. The van der Waals surface area contributed by atoms with E-state index < -0.39 is 0 Å². The molecule has 7 nitrogen and oxygen atoms in total. The van der Waals surface area contributed by atoms with Gasteiger partial charge in [-0.05, 0) is 25.5 Å². The van der Waals surface area contributed by atoms with Crippen LogP contribution in [0.25, 0.3) is 11.0 Å². The first-order valence-electron chi connectivity index (χ1n) is 10.1. The minimum Gasteiger partial charge on any atom is -0.365 e. The van der Waals surface area contributed by atoms with Crippen molar-refractivity contribution in [1.82, 2.24) is 24.6 Å². The molecule has 1 saturated heterocycles. The number of piperazine rings is 1. The predicted octanol–water partition coefficient (Wildman–Crippen LogP) is 2.82. The van der Waals surface area contributed by atoms with Crippen molar-refractivity contribution >= 4 is 22.8 Å². The molecule has 148 valence electrons. The summed E-state index contributed by atoms with van der Waals surface area (Å²) in [6.07, 6.45) is 3.04. The Hall–Kier alpha value is -2.67. The van der Waals surface area contributed by atoms with Gasteiger partial charge in [-0.15, -0.1) is 0 Å². The molecule has 1 N–H and O–H groups in total. The minimum atomic E-state index is 0.727. The zero-order chi connectivity index (χ0) is 19.5. The van der Waals surface area contributed by atoms with Crippen LogP contribution in [0.3, 0.4) is 0 Å². The topological polar surface area (TPSA) is 62.1 Å². The molecule has 0 radical (unpaired) electrons. The summed E-state index contributed by atoms with van der Waals surface area (Å²) in [7, 11) is 1.93. The molecule has 1 aliphatic heterocycles. The van der Waals surface area contributed by atoms with Crippen molar-refractivity contribution < 1.29 is 0 Å². The Morgan fingerprint density at radius 2 is 1.79 bits per heavy atom. The number of rotatable bonds is 6. The monoisotopic (exact) mass is 379 g/mol. The van der Waals surface area contributed by atoms with E-state index >= 15 is 0 Å². The molecule has 0 aliphatic carbocycles. The number of benzene rings is 1. The van der Waals surface area contributed by atoms with Gasteiger partial charge in [-0.2, -0.15) is 15.1 Å². The Labute approximate surface area is 166 Å². The smallest absolute Gasteiger partial charge is 0.229 e. The molecule has 1 aromatic carbocycles. The first-order valence-corrected chi connectivity index (χ1v) is 10.1. The van der Waals surface area contributed by atoms with Gasteiger partial charge in [0.15, 0.2) is 5.65 Å². The normalized spacial score (nSPS) is 15.3. The Morgan fingerprint density at radius 3 is 2.50 bits per heavy atom. The molecule has 0 amide bonds. The van der Waals surface area contributed by atoms with Gasteiger partial charge < -0.3 is 10.2 Å². The van der Waals surface area contributed by atoms with Crippen molar-refractivity contribution in [2.75, 3.05) is 42.9 Å². The largest absolute Gasteiger partial charge is 0.365 e. The quantitative estimate of drug-likeness (QED) is 0.711. The highest BCUT2D eigenvalue weighted by Gasteiger charge is 2.21. The molecule has 0 unspecified atom stereocenters. The summed E-state index contributed by atoms with van der Waals surface area (Å²) in [5.74, 6) is 1.64. The summed E-state index contributed by atoms with van der Waals surface area (Å²) >= 11 is 0. The van der Waals surface area contributed by atoms with Crippen molar-refractivity contribution in [1.29, 1.82) is 0 Å². The maximum absolute atomic E-state index is 4.87. The van der Waals surface area contributed by atoms with E-state index in [0.29, 0.717) is 0 Å². The first-order chi connectivity index (χ1) is 13.6. The molecular weight excluding hydrogens is 350 g/mol. The SMILES string of the molecule is CCCN1CCN(c2nc(NCc3ccc(C)cc3)c3cnn(C)c3n2)CC1. The lowest BCUT2D eigenvalue weighted by molar-refractivity contribution is 0.257. The van der Waals surface area contributed by atoms with Crippen LogP contribution in [0, 0.1) is 6.92 Å². The average molecular weight is 380 g/mol. The molecule has 0 atom stereocenters. The van der Waals surface area contributed by atoms with Crippen LogP contribution in [-0.4, -0.2) is 57.4 Å². The van der Waals surface area contributed by atoms with Crippen LogP contribution in [-0.2, 0) is 13.6 Å². The van der Waals surface area contributed by atoms with Gasteiger partial charge in [-0.3, -0.25) is 9.58 Å². The zero-order valence-corrected chi connectivity index (χ0v) is 17.0. The van der Waals surface area contributed by atoms with Gasteiger partial charge >= 0.3 is 0 Å². The van der Waals surface area contributed by atoms with E-state index in [4.69, 9.17) is 9.97 Å². The maximum Gasteiger partial charge on any atom is 0.229 e. The lowest BCUT2D eigenvalue weighted by Crippen LogP contribution is -2.47. The molecule has 28 heavy (non-hydrogen) atoms. The van der Waals surface area contributed by atoms with Gasteiger partial charge in [-0.25, -0.2) is 0 Å². The van der Waals surface area contributed by atoms with Gasteiger partial charge in [0.2, 0.25) is 5.95 Å². The molecule has 3 heterocycles. The van der Waals surface area contributed by atoms with Gasteiger partial charge in [-0.1, -0.05) is 36.8 Å². The number of hydrogen-bond donors (Lipinski definition) is 1. The molecule has 4 rings (SSSR count). The molecule has 7 heteroatoms. The fraction of sp³-hybridized carbons (Fsp3) is 0.476. The summed E-state index contributed by atoms with van der Waals surface area (Å²) in [6, 6.07) is 8.57. The third kappa shape index (κ3) is 3.94. The Morgan fingerprint density at radius 1 is 1.04 bits per heavy atom. The summed E-state index contributed by atoms with van der Waals surface area (Å²) in [6.45, 7) is 10.3. The summed E-state index contributed by atoms with van der Waals surface area (Å²) in [4.78, 5) is 14.5. The van der Waals surface area contributed by atoms with Crippen LogP contribution >= 0.6 is 0 Å². The highest BCUT2D eigenvalue weighted by atomic mass is 15.4. The number of fused-ring (bicyclic) bond motifs is 1. The average Bonchev–Trinajstić information content (AvgIpc) is 3.09. The van der Waals surface area contributed by atoms with Gasteiger partial charge in [0.1, 0.15) is 5.82 Å². The maximum atomic E-state index is 4.87. The van der Waals surface area contributed by atoms with E-state index in [1.165, 1.54) is 24.1 Å². The van der Waals surface area contributed by atoms with Crippen LogP contribution in [0.1, 0.15) is 24.5 Å². The van der Waals surface area contributed by atoms with Gasteiger partial charge in [0.25, 0.3) is 0 Å². The fourth-order valence-electron chi connectivity index (χ4n) is 3.67. The Bertz CT molecular complexity index is 924. The number of hydrogen-bond acceptors (Lipinski definition) is 6. The van der Waals surface area contributed by atoms with Crippen molar-refractivity contribution in [3.63, 3.8) is 0 Å². The molecular formula is C21H29N7. The van der Waals surface area contributed by atoms with Crippen LogP contribution < -0.4 is 10.2 Å². The Kier molecular flexibility index (Phi) is 5.43. The van der Waals surface area contributed by atoms with Crippen molar-refractivity contribution in [3.05, 3.63) is 41.6 Å². The number of nitrogens with one attached hydrogen (secondary N) is 1. The summed E-state index contributed by atoms with van der Waals surface area (Å²) in [5, 5.41) is 8.86. The van der Waals surface area contributed by atoms with Crippen molar-refractivity contribution in [2.24, 2.45) is 7.05 Å². The number of nitrogens with zero attached hydrogens (tertiary/aromatic N) is 6. The molecule has 1 fully saturated rings. The predicted molar refractivity (Wildman–Crippen MR) is 114 cm³/mol. The molecule has 0 bridgehead atoms. The second kappa shape index (κ2) is 8.14. The van der Waals surface area contributed by atoms with E-state index in [1.54, 1.807) is 0 Å². The third-order valence-corrected chi connectivity index (χ3v) is 5.36. The number of aryl methyl sites for hydroxylation is 2. The highest BCUT2D eigenvalue weighted by Crippen LogP contribution is 2.24. The van der Waals surface area contributed by atoms with E-state index in [0.717, 1.165) is 55.5 Å². The van der Waals surface area contributed by atoms with E-state index in [9.17, 15) is 0 Å². The van der Waals surface area contributed by atoms with E-state index in [2.05, 4.69) is 58.3 Å². The molecule has 2 aromatic heterocycles. The van der Waals surface area contributed by atoms with Crippen LogP contribution in [0.5, 0.6) is 0 Å². The number of anilines is 2. The molecule has 3 aromatic rings. The van der Waals surface area contributed by atoms with Gasteiger partial charge in [0, 0.05) is 39.8 Å². The second-order valence-corrected chi connectivity index (χ2v) is 7.55. The standard InChI is InChI=1S/C21H29N7/c1-4-9-27-10-12-28(13-11-27)21-24-19(18-15-23-26(3)20(18)25-21)22-14-17-7-5-16(2)6-8-17/h5-8,15H,4,9-14H2,1-3H3,(H,22,24,25). The first kappa shape index (κ1) is 18.7. The molecule has 0 spiro atoms. The Balaban J connectivity index is 1.56. The molecule has 0 saturated carbocycles. The second-order valence-electron chi connectivity index (χ2n) is 7.55. The van der Waals surface area contributed by atoms with Gasteiger partial charge in [0.05, 0.1) is 11.6 Å². The lowest BCUT2D eigenvalue weighted by atomic mass is 10.1. The van der Waals surface area contributed by atoms with Crippen LogP contribution in [0.15, 0.2) is 30.5 Å². The van der Waals surface area contributed by atoms with E-state index in [1.807, 2.05) is 17.9 Å². The van der Waals surface area contributed by atoms with Crippen molar-refractivity contribution in [2.45, 2.75) is 26.8 Å². The molecule has 1 aliphatic rings. The van der Waals surface area contributed by atoms with Crippen molar-refractivity contribution in [3.8, 4) is 0 Å². The summed E-state index contributed by atoms with van der Waals surface area (Å²) < 4.78 is 1.82. The lowest BCUT2D eigenvalue weighted by Gasteiger charge is -2.34. The fourth-order valence-corrected chi connectivity index (χ4v) is 3.67. The van der Waals surface area contributed by atoms with Crippen LogP contribution in [0.2, 0.25) is 0 Å². The summed E-state index contributed by atoms with van der Waals surface area (Å²) in [5.41, 5.74) is 3.37. The van der Waals surface area contributed by atoms with Crippen LogP contribution in [0.4, 0.5) is 11.8 Å². The van der Waals surface area contributed by atoms with E-state index in [-0.39, 0.29) is 0 Å². The number of aromatic nitrogens is 4. The third-order valence-electron chi connectivity index (χ3n) is 5.36. The highest BCUT2D eigenvalue weighted by molar-refractivity contribution is 5.87.